The van der Waals surface area contributed by atoms with Crippen molar-refractivity contribution in [2.75, 3.05) is 6.61 Å². The van der Waals surface area contributed by atoms with Crippen molar-refractivity contribution in [1.82, 2.24) is 0 Å². The molecule has 0 saturated heterocycles. The zero-order chi connectivity index (χ0) is 20.5. The van der Waals surface area contributed by atoms with E-state index in [1.165, 1.54) is 43.4 Å². The lowest BCUT2D eigenvalue weighted by Gasteiger charge is -2.32. The van der Waals surface area contributed by atoms with Crippen LogP contribution in [0.3, 0.4) is 0 Å². The Kier molecular flexibility index (Phi) is 5.75. The van der Waals surface area contributed by atoms with Gasteiger partial charge in [-0.3, -0.25) is 0 Å². The summed E-state index contributed by atoms with van der Waals surface area (Å²) in [6, 6.07) is 4.51. The van der Waals surface area contributed by atoms with E-state index in [1.54, 1.807) is 19.3 Å². The molecule has 1 unspecified atom stereocenters. The van der Waals surface area contributed by atoms with Crippen LogP contribution in [-0.4, -0.2) is 6.61 Å². The van der Waals surface area contributed by atoms with Gasteiger partial charge < -0.3 is 9.47 Å². The van der Waals surface area contributed by atoms with E-state index in [-0.39, 0.29) is 23.3 Å². The fraction of sp³-hybridized carbons (Fsp3) is 0.500. The third kappa shape index (κ3) is 3.84. The van der Waals surface area contributed by atoms with Crippen molar-refractivity contribution in [3.05, 3.63) is 53.0 Å². The van der Waals surface area contributed by atoms with Crippen LogP contribution in [0.1, 0.15) is 64.0 Å². The topological polar surface area (TPSA) is 18.5 Å². The maximum absolute atomic E-state index is 14.8. The van der Waals surface area contributed by atoms with Crippen LogP contribution in [0.4, 0.5) is 13.2 Å². The minimum absolute atomic E-state index is 0.0747. The Hall–Kier alpha value is -2.17. The Bertz CT molecular complexity index is 930. The number of allylic oxidation sites excluding steroid dienone is 1. The van der Waals surface area contributed by atoms with Gasteiger partial charge >= 0.3 is 0 Å². The van der Waals surface area contributed by atoms with Gasteiger partial charge in [-0.15, -0.1) is 0 Å². The van der Waals surface area contributed by atoms with Gasteiger partial charge in [0.15, 0.2) is 23.2 Å². The molecule has 2 aliphatic rings. The highest BCUT2D eigenvalue weighted by molar-refractivity contribution is 5.86. The van der Waals surface area contributed by atoms with Crippen LogP contribution in [0.25, 0.3) is 10.8 Å². The van der Waals surface area contributed by atoms with E-state index in [2.05, 4.69) is 6.92 Å². The molecule has 2 aromatic carbocycles. The van der Waals surface area contributed by atoms with Crippen molar-refractivity contribution in [3.8, 4) is 5.75 Å². The Morgan fingerprint density at radius 2 is 1.76 bits per heavy atom. The lowest BCUT2D eigenvalue weighted by Crippen LogP contribution is -2.18. The Morgan fingerprint density at radius 3 is 2.41 bits per heavy atom. The monoisotopic (exact) mass is 404 g/mol. The fourth-order valence-corrected chi connectivity index (χ4v) is 4.64. The second kappa shape index (κ2) is 8.29. The summed E-state index contributed by atoms with van der Waals surface area (Å²) in [7, 11) is 0. The SMILES string of the molecule is CCOc1ccc2cc(C3CCC(C4CCC(C)CC4)=CO3)c(F)c(F)c2c1F. The van der Waals surface area contributed by atoms with Crippen molar-refractivity contribution in [3.63, 3.8) is 0 Å². The first-order chi connectivity index (χ1) is 14.0. The summed E-state index contributed by atoms with van der Waals surface area (Å²) < 4.78 is 55.2. The number of hydrogen-bond acceptors (Lipinski definition) is 2. The van der Waals surface area contributed by atoms with Crippen LogP contribution in [-0.2, 0) is 4.74 Å². The predicted molar refractivity (Wildman–Crippen MR) is 107 cm³/mol. The van der Waals surface area contributed by atoms with Gasteiger partial charge in [0.25, 0.3) is 0 Å². The van der Waals surface area contributed by atoms with Crippen molar-refractivity contribution in [1.29, 1.82) is 0 Å². The first kappa shape index (κ1) is 20.1. The quantitative estimate of drug-likeness (QED) is 0.536. The molecule has 0 N–H and O–H groups in total. The summed E-state index contributed by atoms with van der Waals surface area (Å²) in [5, 5.41) is -0.0694. The number of benzene rings is 2. The third-order valence-corrected chi connectivity index (χ3v) is 6.38. The minimum atomic E-state index is -1.18. The highest BCUT2D eigenvalue weighted by Crippen LogP contribution is 2.41. The van der Waals surface area contributed by atoms with Gasteiger partial charge in [-0.25, -0.2) is 13.2 Å². The van der Waals surface area contributed by atoms with Crippen LogP contribution >= 0.6 is 0 Å². The fourth-order valence-electron chi connectivity index (χ4n) is 4.64. The van der Waals surface area contributed by atoms with Gasteiger partial charge in [-0.05, 0) is 67.5 Å². The largest absolute Gasteiger partial charge is 0.493 e. The molecule has 4 rings (SSSR count). The standard InChI is InChI=1S/C24H27F3O2/c1-3-28-20-11-8-16-12-18(22(25)24(27)21(16)23(20)26)19-10-9-17(13-29-19)15-6-4-14(2)5-7-15/h8,11-15,19H,3-7,9-10H2,1-2H3. The van der Waals surface area contributed by atoms with E-state index in [0.717, 1.165) is 12.3 Å². The van der Waals surface area contributed by atoms with Crippen molar-refractivity contribution in [2.45, 2.75) is 58.5 Å². The second-order valence-electron chi connectivity index (χ2n) is 8.32. The smallest absolute Gasteiger partial charge is 0.175 e. The molecule has 1 fully saturated rings. The van der Waals surface area contributed by atoms with E-state index < -0.39 is 23.6 Å². The molecular weight excluding hydrogens is 377 g/mol. The summed E-state index contributed by atoms with van der Waals surface area (Å²) in [6.07, 6.45) is 7.41. The number of ether oxygens (including phenoxy) is 2. The number of halogens is 3. The molecule has 0 spiro atoms. The minimum Gasteiger partial charge on any atom is -0.493 e. The molecule has 2 nitrogen and oxygen atoms in total. The molecule has 2 aromatic rings. The lowest BCUT2D eigenvalue weighted by molar-refractivity contribution is 0.109. The Balaban J connectivity index is 1.60. The number of fused-ring (bicyclic) bond motifs is 1. The van der Waals surface area contributed by atoms with Crippen LogP contribution in [0.15, 0.2) is 30.0 Å². The van der Waals surface area contributed by atoms with Gasteiger partial charge in [0, 0.05) is 5.56 Å². The molecule has 1 atom stereocenters. The first-order valence-corrected chi connectivity index (χ1v) is 10.6. The molecule has 0 amide bonds. The van der Waals surface area contributed by atoms with Gasteiger partial charge in [-0.2, -0.15) is 0 Å². The van der Waals surface area contributed by atoms with Crippen LogP contribution in [0.5, 0.6) is 5.75 Å². The van der Waals surface area contributed by atoms with Crippen LogP contribution in [0, 0.1) is 29.3 Å². The van der Waals surface area contributed by atoms with Crippen molar-refractivity contribution >= 4 is 10.8 Å². The molecular formula is C24H27F3O2. The number of rotatable bonds is 4. The third-order valence-electron chi connectivity index (χ3n) is 6.38. The number of hydrogen-bond donors (Lipinski definition) is 0. The van der Waals surface area contributed by atoms with Crippen molar-refractivity contribution in [2.24, 2.45) is 11.8 Å². The summed E-state index contributed by atoms with van der Waals surface area (Å²) in [4.78, 5) is 0. The average Bonchev–Trinajstić information content (AvgIpc) is 2.73. The maximum atomic E-state index is 14.8. The van der Waals surface area contributed by atoms with E-state index in [9.17, 15) is 13.2 Å². The zero-order valence-electron chi connectivity index (χ0n) is 16.9. The average molecular weight is 404 g/mol. The summed E-state index contributed by atoms with van der Waals surface area (Å²) in [6.45, 7) is 4.24. The molecule has 0 aromatic heterocycles. The Morgan fingerprint density at radius 1 is 1.00 bits per heavy atom. The molecule has 29 heavy (non-hydrogen) atoms. The first-order valence-electron chi connectivity index (χ1n) is 10.6. The Labute approximate surface area is 169 Å². The van der Waals surface area contributed by atoms with E-state index in [0.29, 0.717) is 17.7 Å². The normalized spacial score (nSPS) is 24.9. The molecule has 1 aliphatic carbocycles. The predicted octanol–water partition coefficient (Wildman–Crippen LogP) is 7.22. The molecule has 0 radical (unpaired) electrons. The second-order valence-corrected chi connectivity index (χ2v) is 8.32. The van der Waals surface area contributed by atoms with Gasteiger partial charge in [-0.1, -0.05) is 25.8 Å². The summed E-state index contributed by atoms with van der Waals surface area (Å²) >= 11 is 0. The van der Waals surface area contributed by atoms with Gasteiger partial charge in [0.1, 0.15) is 6.10 Å². The lowest BCUT2D eigenvalue weighted by atomic mass is 9.77. The highest BCUT2D eigenvalue weighted by Gasteiger charge is 2.29. The molecule has 5 heteroatoms. The molecule has 1 saturated carbocycles. The van der Waals surface area contributed by atoms with E-state index in [1.807, 2.05) is 0 Å². The molecule has 0 bridgehead atoms. The van der Waals surface area contributed by atoms with E-state index in [4.69, 9.17) is 9.47 Å². The maximum Gasteiger partial charge on any atom is 0.175 e. The van der Waals surface area contributed by atoms with Crippen molar-refractivity contribution < 1.29 is 22.6 Å². The van der Waals surface area contributed by atoms with Crippen LogP contribution in [0.2, 0.25) is 0 Å². The highest BCUT2D eigenvalue weighted by atomic mass is 19.2. The van der Waals surface area contributed by atoms with E-state index >= 15 is 0 Å². The van der Waals surface area contributed by atoms with Crippen LogP contribution < -0.4 is 4.74 Å². The zero-order valence-corrected chi connectivity index (χ0v) is 16.9. The summed E-state index contributed by atoms with van der Waals surface area (Å²) in [5.74, 6) is -1.85. The molecule has 1 heterocycles. The summed E-state index contributed by atoms with van der Waals surface area (Å²) in [5.41, 5.74) is 1.42. The molecule has 1 aliphatic heterocycles. The molecule has 156 valence electrons. The van der Waals surface area contributed by atoms with Gasteiger partial charge in [0.2, 0.25) is 0 Å². The van der Waals surface area contributed by atoms with Gasteiger partial charge in [0.05, 0.1) is 18.3 Å².